The molecule has 26 heavy (non-hydrogen) atoms. The molecule has 2 amide bonds. The van der Waals surface area contributed by atoms with Gasteiger partial charge in [0.1, 0.15) is 5.69 Å². The fourth-order valence-corrected chi connectivity index (χ4v) is 5.61. The van der Waals surface area contributed by atoms with Crippen molar-refractivity contribution in [2.45, 2.75) is 57.8 Å². The second-order valence-electron chi connectivity index (χ2n) is 8.32. The van der Waals surface area contributed by atoms with Crippen molar-refractivity contribution in [3.8, 4) is 0 Å². The van der Waals surface area contributed by atoms with Gasteiger partial charge >= 0.3 is 0 Å². The maximum atomic E-state index is 13.3. The average molecular weight is 376 g/mol. The van der Waals surface area contributed by atoms with Crippen molar-refractivity contribution in [2.75, 3.05) is 26.2 Å². The van der Waals surface area contributed by atoms with E-state index in [0.29, 0.717) is 24.7 Å². The number of rotatable bonds is 4. The normalized spacial score (nSPS) is 27.5. The lowest BCUT2D eigenvalue weighted by Gasteiger charge is -2.40. The topological polar surface area (TPSA) is 53.5 Å². The molecule has 1 aliphatic carbocycles. The molecule has 3 aliphatic rings. The first kappa shape index (κ1) is 18.0. The molecule has 1 unspecified atom stereocenters. The Morgan fingerprint density at radius 2 is 2.04 bits per heavy atom. The van der Waals surface area contributed by atoms with Crippen LogP contribution in [0.5, 0.6) is 0 Å². The molecule has 1 atom stereocenters. The number of carbonyl (C=O) groups is 2. The van der Waals surface area contributed by atoms with Crippen molar-refractivity contribution in [2.24, 2.45) is 11.3 Å². The second kappa shape index (κ2) is 7.67. The van der Waals surface area contributed by atoms with Crippen LogP contribution in [0.25, 0.3) is 0 Å². The van der Waals surface area contributed by atoms with Gasteiger partial charge in [-0.1, -0.05) is 32.1 Å². The highest BCUT2D eigenvalue weighted by Gasteiger charge is 2.49. The molecule has 1 spiro atoms. The van der Waals surface area contributed by atoms with Crippen molar-refractivity contribution in [1.82, 2.24) is 14.8 Å². The predicted molar refractivity (Wildman–Crippen MR) is 102 cm³/mol. The Bertz CT molecular complexity index is 641. The molecule has 3 heterocycles. The first-order valence-corrected chi connectivity index (χ1v) is 11.1. The number of aromatic nitrogens is 1. The minimum absolute atomic E-state index is 0.0183. The number of amides is 2. The standard InChI is InChI=1S/C20H29N3O2S/c24-18(17-13-26-15-21-17)23-12-9-20(14-23)8-4-10-22(19(20)25)11-7-16-5-2-1-3-6-16/h13,15-16H,1-12,14H2. The summed E-state index contributed by atoms with van der Waals surface area (Å²) in [7, 11) is 0. The zero-order valence-corrected chi connectivity index (χ0v) is 16.3. The van der Waals surface area contributed by atoms with Gasteiger partial charge in [0.25, 0.3) is 5.91 Å². The van der Waals surface area contributed by atoms with Crippen LogP contribution in [0.1, 0.15) is 68.3 Å². The molecule has 6 heteroatoms. The summed E-state index contributed by atoms with van der Waals surface area (Å²) in [6.07, 6.45) is 10.7. The molecule has 1 saturated carbocycles. The van der Waals surface area contributed by atoms with Crippen LogP contribution in [0.15, 0.2) is 10.9 Å². The van der Waals surface area contributed by atoms with E-state index in [0.717, 1.165) is 44.7 Å². The predicted octanol–water partition coefficient (Wildman–Crippen LogP) is 3.57. The zero-order valence-electron chi connectivity index (χ0n) is 15.5. The van der Waals surface area contributed by atoms with Gasteiger partial charge in [-0.25, -0.2) is 4.98 Å². The lowest BCUT2D eigenvalue weighted by molar-refractivity contribution is -0.145. The third-order valence-corrected chi connectivity index (χ3v) is 7.24. The lowest BCUT2D eigenvalue weighted by atomic mass is 9.78. The van der Waals surface area contributed by atoms with Gasteiger partial charge in [0.05, 0.1) is 10.9 Å². The summed E-state index contributed by atoms with van der Waals surface area (Å²) in [6, 6.07) is 0. The second-order valence-corrected chi connectivity index (χ2v) is 9.04. The van der Waals surface area contributed by atoms with E-state index in [2.05, 4.69) is 9.88 Å². The summed E-state index contributed by atoms with van der Waals surface area (Å²) in [4.78, 5) is 33.9. The molecule has 4 rings (SSSR count). The number of piperidine rings is 1. The summed E-state index contributed by atoms with van der Waals surface area (Å²) < 4.78 is 0. The van der Waals surface area contributed by atoms with E-state index in [1.54, 1.807) is 10.9 Å². The van der Waals surface area contributed by atoms with Crippen LogP contribution in [0.3, 0.4) is 0 Å². The minimum Gasteiger partial charge on any atom is -0.342 e. The van der Waals surface area contributed by atoms with Gasteiger partial charge in [-0.15, -0.1) is 11.3 Å². The molecule has 2 aliphatic heterocycles. The van der Waals surface area contributed by atoms with Crippen LogP contribution >= 0.6 is 11.3 Å². The molecule has 0 aromatic carbocycles. The number of hydrogen-bond acceptors (Lipinski definition) is 4. The molecule has 2 saturated heterocycles. The highest BCUT2D eigenvalue weighted by molar-refractivity contribution is 7.07. The maximum absolute atomic E-state index is 13.3. The van der Waals surface area contributed by atoms with Crippen LogP contribution < -0.4 is 0 Å². The van der Waals surface area contributed by atoms with Gasteiger partial charge < -0.3 is 9.80 Å². The van der Waals surface area contributed by atoms with Crippen LogP contribution in [0.2, 0.25) is 0 Å². The Morgan fingerprint density at radius 1 is 1.19 bits per heavy atom. The maximum Gasteiger partial charge on any atom is 0.273 e. The van der Waals surface area contributed by atoms with Gasteiger partial charge in [-0.2, -0.15) is 0 Å². The first-order valence-electron chi connectivity index (χ1n) is 10.1. The number of carbonyl (C=O) groups excluding carboxylic acids is 2. The summed E-state index contributed by atoms with van der Waals surface area (Å²) in [6.45, 7) is 3.05. The minimum atomic E-state index is -0.337. The van der Waals surface area contributed by atoms with Crippen LogP contribution in [0, 0.1) is 11.3 Å². The quantitative estimate of drug-likeness (QED) is 0.808. The molecule has 0 radical (unpaired) electrons. The molecule has 142 valence electrons. The molecule has 5 nitrogen and oxygen atoms in total. The highest BCUT2D eigenvalue weighted by Crippen LogP contribution is 2.41. The van der Waals surface area contributed by atoms with Crippen LogP contribution in [-0.2, 0) is 4.79 Å². The van der Waals surface area contributed by atoms with Crippen LogP contribution in [0.4, 0.5) is 0 Å². The van der Waals surface area contributed by atoms with Crippen molar-refractivity contribution in [1.29, 1.82) is 0 Å². The van der Waals surface area contributed by atoms with E-state index in [4.69, 9.17) is 0 Å². The molecule has 1 aromatic rings. The van der Waals surface area contributed by atoms with E-state index >= 15 is 0 Å². The van der Waals surface area contributed by atoms with E-state index in [1.165, 1.54) is 43.4 Å². The van der Waals surface area contributed by atoms with Gasteiger partial charge in [-0.05, 0) is 31.6 Å². The van der Waals surface area contributed by atoms with Gasteiger partial charge in [0, 0.05) is 31.6 Å². The monoisotopic (exact) mass is 375 g/mol. The van der Waals surface area contributed by atoms with Crippen molar-refractivity contribution >= 4 is 23.2 Å². The number of thiazole rings is 1. The number of likely N-dealkylation sites (tertiary alicyclic amines) is 2. The summed E-state index contributed by atoms with van der Waals surface area (Å²) in [5.74, 6) is 1.09. The van der Waals surface area contributed by atoms with Gasteiger partial charge in [0.15, 0.2) is 0 Å². The molecular weight excluding hydrogens is 346 g/mol. The van der Waals surface area contributed by atoms with Gasteiger partial charge in [0.2, 0.25) is 5.91 Å². The average Bonchev–Trinajstić information content (AvgIpc) is 3.34. The summed E-state index contributed by atoms with van der Waals surface area (Å²) in [5.41, 5.74) is 1.87. The molecule has 1 aromatic heterocycles. The lowest BCUT2D eigenvalue weighted by Crippen LogP contribution is -2.50. The van der Waals surface area contributed by atoms with E-state index in [-0.39, 0.29) is 11.3 Å². The summed E-state index contributed by atoms with van der Waals surface area (Å²) >= 11 is 1.44. The van der Waals surface area contributed by atoms with Crippen LogP contribution in [-0.4, -0.2) is 52.8 Å². The van der Waals surface area contributed by atoms with E-state index in [9.17, 15) is 9.59 Å². The Morgan fingerprint density at radius 3 is 2.81 bits per heavy atom. The number of hydrogen-bond donors (Lipinski definition) is 0. The smallest absolute Gasteiger partial charge is 0.273 e. The SMILES string of the molecule is O=C(c1cscn1)N1CCC2(CCCN(CCC3CCCCC3)C2=O)C1. The highest BCUT2D eigenvalue weighted by atomic mass is 32.1. The number of nitrogens with zero attached hydrogens (tertiary/aromatic N) is 3. The Hall–Kier alpha value is -1.43. The van der Waals surface area contributed by atoms with Crippen molar-refractivity contribution < 1.29 is 9.59 Å². The molecule has 0 bridgehead atoms. The fourth-order valence-electron chi connectivity index (χ4n) is 5.08. The largest absolute Gasteiger partial charge is 0.342 e. The molecular formula is C20H29N3O2S. The van der Waals surface area contributed by atoms with Crippen molar-refractivity contribution in [3.63, 3.8) is 0 Å². The molecule has 0 N–H and O–H groups in total. The first-order chi connectivity index (χ1) is 12.7. The Labute approximate surface area is 159 Å². The third-order valence-electron chi connectivity index (χ3n) is 6.65. The van der Waals surface area contributed by atoms with Crippen molar-refractivity contribution in [3.05, 3.63) is 16.6 Å². The Kier molecular flexibility index (Phi) is 5.30. The summed E-state index contributed by atoms with van der Waals surface area (Å²) in [5, 5.41) is 1.80. The van der Waals surface area contributed by atoms with E-state index in [1.807, 2.05) is 4.90 Å². The Balaban J connectivity index is 1.37. The third kappa shape index (κ3) is 3.53. The van der Waals surface area contributed by atoms with E-state index < -0.39 is 0 Å². The zero-order chi connectivity index (χ0) is 18.0. The molecule has 3 fully saturated rings. The van der Waals surface area contributed by atoms with Gasteiger partial charge in [-0.3, -0.25) is 9.59 Å². The fraction of sp³-hybridized carbons (Fsp3) is 0.750.